The van der Waals surface area contributed by atoms with E-state index < -0.39 is 0 Å². The normalized spacial score (nSPS) is 12.1. The van der Waals surface area contributed by atoms with Crippen molar-refractivity contribution in [3.63, 3.8) is 0 Å². The van der Waals surface area contributed by atoms with Gasteiger partial charge in [-0.15, -0.1) is 0 Å². The largest absolute Gasteiger partial charge is 0.396 e. The monoisotopic (exact) mass is 283 g/mol. The molecule has 2 N–H and O–H groups in total. The van der Waals surface area contributed by atoms with Crippen molar-refractivity contribution < 1.29 is 5.11 Å². The first-order valence-corrected chi connectivity index (χ1v) is 7.12. The number of aliphatic hydroxyl groups is 1. The van der Waals surface area contributed by atoms with Crippen molar-refractivity contribution in [1.82, 2.24) is 9.88 Å². The van der Waals surface area contributed by atoms with Crippen LogP contribution >= 0.6 is 0 Å². The minimum atomic E-state index is 0.112. The van der Waals surface area contributed by atoms with Crippen LogP contribution in [0.2, 0.25) is 0 Å². The second kappa shape index (κ2) is 7.07. The fourth-order valence-electron chi connectivity index (χ4n) is 2.48. The van der Waals surface area contributed by atoms with E-state index in [4.69, 9.17) is 5.26 Å². The summed E-state index contributed by atoms with van der Waals surface area (Å²) < 4.78 is 1.90. The summed E-state index contributed by atoms with van der Waals surface area (Å²) in [5.74, 6) is 0. The molecule has 1 aromatic heterocycles. The zero-order valence-corrected chi connectivity index (χ0v) is 12.5. The summed E-state index contributed by atoms with van der Waals surface area (Å²) >= 11 is 0. The summed E-state index contributed by atoms with van der Waals surface area (Å²) in [6.07, 6.45) is 0.668. The molecule has 2 aromatic rings. The molecule has 1 heterocycles. The predicted octanol–water partition coefficient (Wildman–Crippen LogP) is 2.42. The third-order valence-corrected chi connectivity index (χ3v) is 3.91. The van der Waals surface area contributed by atoms with Crippen LogP contribution in [-0.2, 0) is 13.6 Å². The predicted molar refractivity (Wildman–Crippen MR) is 82.6 cm³/mol. The summed E-state index contributed by atoms with van der Waals surface area (Å²) in [5.41, 5.74) is 4.05. The van der Waals surface area contributed by atoms with Crippen LogP contribution in [0.25, 0.3) is 0 Å². The molecule has 110 valence electrons. The molecule has 4 heteroatoms. The van der Waals surface area contributed by atoms with Crippen LogP contribution in [0.15, 0.2) is 36.4 Å². The van der Waals surface area contributed by atoms with Crippen molar-refractivity contribution in [3.8, 4) is 6.07 Å². The number of rotatable bonds is 6. The molecule has 0 aliphatic rings. The highest BCUT2D eigenvalue weighted by atomic mass is 16.3. The Kier molecular flexibility index (Phi) is 5.15. The molecule has 0 unspecified atom stereocenters. The SMILES string of the molecule is Cc1c(CN[C@H](CCO)c2ccccc2)cc(C#N)n1C. The van der Waals surface area contributed by atoms with E-state index in [1.165, 1.54) is 5.56 Å². The van der Waals surface area contributed by atoms with E-state index in [0.717, 1.165) is 11.3 Å². The maximum absolute atomic E-state index is 9.25. The first-order chi connectivity index (χ1) is 10.2. The maximum atomic E-state index is 9.25. The van der Waals surface area contributed by atoms with Gasteiger partial charge >= 0.3 is 0 Å². The molecule has 2 rings (SSSR count). The van der Waals surface area contributed by atoms with Gasteiger partial charge in [-0.3, -0.25) is 0 Å². The lowest BCUT2D eigenvalue weighted by atomic mass is 10.0. The zero-order valence-electron chi connectivity index (χ0n) is 12.5. The van der Waals surface area contributed by atoms with E-state index >= 15 is 0 Å². The average Bonchev–Trinajstić information content (AvgIpc) is 2.80. The van der Waals surface area contributed by atoms with Gasteiger partial charge in [0, 0.05) is 31.9 Å². The van der Waals surface area contributed by atoms with Gasteiger partial charge in [0.05, 0.1) is 0 Å². The molecular formula is C17H21N3O. The lowest BCUT2D eigenvalue weighted by Crippen LogP contribution is -2.22. The van der Waals surface area contributed by atoms with Gasteiger partial charge in [0.15, 0.2) is 0 Å². The van der Waals surface area contributed by atoms with Crippen LogP contribution < -0.4 is 5.32 Å². The minimum Gasteiger partial charge on any atom is -0.396 e. The zero-order chi connectivity index (χ0) is 15.2. The summed E-state index contributed by atoms with van der Waals surface area (Å²) in [4.78, 5) is 0. The highest BCUT2D eigenvalue weighted by molar-refractivity contribution is 5.34. The lowest BCUT2D eigenvalue weighted by Gasteiger charge is -2.18. The minimum absolute atomic E-state index is 0.112. The van der Waals surface area contributed by atoms with E-state index in [9.17, 15) is 5.11 Å². The van der Waals surface area contributed by atoms with Crippen molar-refractivity contribution in [2.75, 3.05) is 6.61 Å². The number of hydrogen-bond acceptors (Lipinski definition) is 3. The molecule has 1 atom stereocenters. The van der Waals surface area contributed by atoms with Crippen LogP contribution in [0.4, 0.5) is 0 Å². The smallest absolute Gasteiger partial charge is 0.120 e. The number of hydrogen-bond donors (Lipinski definition) is 2. The van der Waals surface area contributed by atoms with Gasteiger partial charge in [-0.25, -0.2) is 0 Å². The standard InChI is InChI=1S/C17H21N3O/c1-13-15(10-16(11-18)20(13)2)12-19-17(8-9-21)14-6-4-3-5-7-14/h3-7,10,17,19,21H,8-9,12H2,1-2H3/t17-/m1/s1. The number of aromatic nitrogens is 1. The fraction of sp³-hybridized carbons (Fsp3) is 0.353. The summed E-state index contributed by atoms with van der Waals surface area (Å²) in [6.45, 7) is 2.84. The van der Waals surface area contributed by atoms with E-state index in [2.05, 4.69) is 23.5 Å². The van der Waals surface area contributed by atoms with Gasteiger partial charge in [0.25, 0.3) is 0 Å². The molecule has 0 radical (unpaired) electrons. The first-order valence-electron chi connectivity index (χ1n) is 7.12. The Labute approximate surface area is 125 Å². The van der Waals surface area contributed by atoms with E-state index in [-0.39, 0.29) is 12.6 Å². The number of benzene rings is 1. The molecule has 0 spiro atoms. The fourth-order valence-corrected chi connectivity index (χ4v) is 2.48. The summed E-state index contributed by atoms with van der Waals surface area (Å²) in [6, 6.07) is 14.3. The van der Waals surface area contributed by atoms with Gasteiger partial charge in [0.1, 0.15) is 11.8 Å². The second-order valence-corrected chi connectivity index (χ2v) is 5.17. The van der Waals surface area contributed by atoms with Crippen molar-refractivity contribution in [3.05, 3.63) is 58.9 Å². The molecule has 0 saturated heterocycles. The van der Waals surface area contributed by atoms with E-state index in [1.807, 2.05) is 42.8 Å². The molecule has 0 aliphatic heterocycles. The molecular weight excluding hydrogens is 262 g/mol. The Balaban J connectivity index is 2.11. The summed E-state index contributed by atoms with van der Waals surface area (Å²) in [5, 5.41) is 21.8. The highest BCUT2D eigenvalue weighted by Crippen LogP contribution is 2.19. The van der Waals surface area contributed by atoms with Crippen LogP contribution in [0, 0.1) is 18.3 Å². The van der Waals surface area contributed by atoms with Crippen molar-refractivity contribution in [2.24, 2.45) is 7.05 Å². The van der Waals surface area contributed by atoms with Gasteiger partial charge in [-0.2, -0.15) is 5.26 Å². The third kappa shape index (κ3) is 3.52. The summed E-state index contributed by atoms with van der Waals surface area (Å²) in [7, 11) is 1.90. The van der Waals surface area contributed by atoms with Gasteiger partial charge in [-0.05, 0) is 30.5 Å². The molecule has 0 amide bonds. The number of aliphatic hydroxyl groups excluding tert-OH is 1. The van der Waals surface area contributed by atoms with E-state index in [1.54, 1.807) is 0 Å². The first kappa shape index (κ1) is 15.3. The molecule has 0 saturated carbocycles. The number of nitriles is 1. The Morgan fingerprint density at radius 2 is 2.05 bits per heavy atom. The van der Waals surface area contributed by atoms with Crippen LogP contribution in [-0.4, -0.2) is 16.3 Å². The number of nitrogens with zero attached hydrogens (tertiary/aromatic N) is 2. The second-order valence-electron chi connectivity index (χ2n) is 5.17. The lowest BCUT2D eigenvalue weighted by molar-refractivity contribution is 0.265. The van der Waals surface area contributed by atoms with Gasteiger partial charge in [0.2, 0.25) is 0 Å². The molecule has 0 fully saturated rings. The van der Waals surface area contributed by atoms with Crippen molar-refractivity contribution >= 4 is 0 Å². The maximum Gasteiger partial charge on any atom is 0.120 e. The average molecular weight is 283 g/mol. The Bertz CT molecular complexity index is 625. The van der Waals surface area contributed by atoms with Crippen LogP contribution in [0.3, 0.4) is 0 Å². The van der Waals surface area contributed by atoms with Crippen molar-refractivity contribution in [1.29, 1.82) is 5.26 Å². The van der Waals surface area contributed by atoms with Gasteiger partial charge in [-0.1, -0.05) is 30.3 Å². The topological polar surface area (TPSA) is 61.0 Å². The molecule has 0 bridgehead atoms. The third-order valence-electron chi connectivity index (χ3n) is 3.91. The molecule has 0 aliphatic carbocycles. The number of nitrogens with one attached hydrogen (secondary N) is 1. The molecule has 21 heavy (non-hydrogen) atoms. The molecule has 4 nitrogen and oxygen atoms in total. The van der Waals surface area contributed by atoms with Gasteiger partial charge < -0.3 is 15.0 Å². The van der Waals surface area contributed by atoms with Crippen molar-refractivity contribution in [2.45, 2.75) is 25.9 Å². The highest BCUT2D eigenvalue weighted by Gasteiger charge is 2.13. The Hall–Kier alpha value is -2.09. The van der Waals surface area contributed by atoms with Crippen LogP contribution in [0.1, 0.15) is 35.0 Å². The Morgan fingerprint density at radius 3 is 2.62 bits per heavy atom. The quantitative estimate of drug-likeness (QED) is 0.856. The Morgan fingerprint density at radius 1 is 1.33 bits per heavy atom. The molecule has 1 aromatic carbocycles. The van der Waals surface area contributed by atoms with Crippen LogP contribution in [0.5, 0.6) is 0 Å². The van der Waals surface area contributed by atoms with E-state index in [0.29, 0.717) is 18.7 Å².